The minimum Gasteiger partial charge on any atom is -0.389 e. The van der Waals surface area contributed by atoms with E-state index in [9.17, 15) is 0 Å². The Balaban J connectivity index is 4.13. The minimum atomic E-state index is 0.00501. The number of hydrogen-bond donors (Lipinski definition) is 2. The number of rotatable bonds is 13. The predicted molar refractivity (Wildman–Crippen MR) is 93.6 cm³/mol. The van der Waals surface area contributed by atoms with E-state index in [2.05, 4.69) is 44.9 Å². The van der Waals surface area contributed by atoms with Crippen molar-refractivity contribution in [2.45, 2.75) is 72.3 Å². The van der Waals surface area contributed by atoms with Crippen LogP contribution >= 0.6 is 0 Å². The molecule has 0 aliphatic rings. The van der Waals surface area contributed by atoms with Crippen molar-refractivity contribution >= 4 is 0 Å². The summed E-state index contributed by atoms with van der Waals surface area (Å²) in [6.07, 6.45) is 5.58. The lowest BCUT2D eigenvalue weighted by Crippen LogP contribution is -2.34. The highest BCUT2D eigenvalue weighted by Crippen LogP contribution is 2.28. The van der Waals surface area contributed by atoms with Gasteiger partial charge in [0.25, 0.3) is 0 Å². The Labute approximate surface area is 132 Å². The van der Waals surface area contributed by atoms with Gasteiger partial charge in [0.05, 0.1) is 5.60 Å². The summed E-state index contributed by atoms with van der Waals surface area (Å²) in [5, 5.41) is 6.59. The number of allylic oxidation sites excluding steroid dienone is 1. The largest absolute Gasteiger partial charge is 0.389 e. The topological polar surface area (TPSA) is 33.3 Å². The molecule has 0 aromatic heterocycles. The lowest BCUT2D eigenvalue weighted by molar-refractivity contribution is -0.0522. The number of nitrogens with one attached hydrogen (secondary N) is 2. The lowest BCUT2D eigenvalue weighted by atomic mass is 9.84. The van der Waals surface area contributed by atoms with Crippen molar-refractivity contribution in [2.24, 2.45) is 5.41 Å². The van der Waals surface area contributed by atoms with E-state index in [1.807, 2.05) is 14.0 Å². The van der Waals surface area contributed by atoms with Gasteiger partial charge in [0, 0.05) is 25.4 Å². The quantitative estimate of drug-likeness (QED) is 0.502. The molecule has 0 aliphatic heterocycles. The van der Waals surface area contributed by atoms with Crippen LogP contribution in [0.4, 0.5) is 0 Å². The predicted octanol–water partition coefficient (Wildman–Crippen LogP) is 4.10. The maximum Gasteiger partial charge on any atom is 0.0652 e. The van der Waals surface area contributed by atoms with Crippen LogP contribution in [0.15, 0.2) is 12.3 Å². The van der Waals surface area contributed by atoms with Gasteiger partial charge in [-0.25, -0.2) is 0 Å². The summed E-state index contributed by atoms with van der Waals surface area (Å²) < 4.78 is 6.25. The molecule has 2 atom stereocenters. The van der Waals surface area contributed by atoms with Gasteiger partial charge in [-0.05, 0) is 58.4 Å². The zero-order valence-electron chi connectivity index (χ0n) is 15.3. The van der Waals surface area contributed by atoms with E-state index < -0.39 is 0 Å². The second-order valence-electron chi connectivity index (χ2n) is 6.91. The smallest absolute Gasteiger partial charge is 0.0652 e. The van der Waals surface area contributed by atoms with E-state index in [4.69, 9.17) is 4.74 Å². The molecular weight excluding hydrogens is 260 g/mol. The first kappa shape index (κ1) is 20.5. The van der Waals surface area contributed by atoms with Crippen LogP contribution < -0.4 is 10.6 Å². The maximum atomic E-state index is 6.25. The Morgan fingerprint density at radius 3 is 2.29 bits per heavy atom. The molecule has 0 bridgehead atoms. The molecule has 0 rings (SSSR count). The van der Waals surface area contributed by atoms with Gasteiger partial charge in [-0.3, -0.25) is 0 Å². The summed E-state index contributed by atoms with van der Waals surface area (Å²) in [6, 6.07) is 0. The first-order chi connectivity index (χ1) is 9.81. The standard InChI is InChI=1S/C18H38N2O/c1-8-17(5,15-19-7)12-14-21-18(6,9-2)11-10-13-20-16(3)4/h19-20H,3,8-15H2,1-2,4-7H3. The van der Waals surface area contributed by atoms with E-state index in [-0.39, 0.29) is 5.60 Å². The van der Waals surface area contributed by atoms with Crippen LogP contribution in [0.1, 0.15) is 66.7 Å². The second-order valence-corrected chi connectivity index (χ2v) is 6.91. The Kier molecular flexibility index (Phi) is 9.97. The van der Waals surface area contributed by atoms with Crippen LogP contribution in [-0.4, -0.2) is 32.3 Å². The fraction of sp³-hybridized carbons (Fsp3) is 0.889. The van der Waals surface area contributed by atoms with Gasteiger partial charge in [0.1, 0.15) is 0 Å². The van der Waals surface area contributed by atoms with Gasteiger partial charge < -0.3 is 15.4 Å². The molecule has 21 heavy (non-hydrogen) atoms. The van der Waals surface area contributed by atoms with Gasteiger partial charge in [0.2, 0.25) is 0 Å². The average molecular weight is 299 g/mol. The van der Waals surface area contributed by atoms with Gasteiger partial charge >= 0.3 is 0 Å². The van der Waals surface area contributed by atoms with Crippen molar-refractivity contribution < 1.29 is 4.74 Å². The van der Waals surface area contributed by atoms with Crippen LogP contribution in [0.2, 0.25) is 0 Å². The Morgan fingerprint density at radius 2 is 1.81 bits per heavy atom. The molecule has 2 unspecified atom stereocenters. The summed E-state index contributed by atoms with van der Waals surface area (Å²) in [7, 11) is 2.03. The summed E-state index contributed by atoms with van der Waals surface area (Å²) in [4.78, 5) is 0. The monoisotopic (exact) mass is 298 g/mol. The van der Waals surface area contributed by atoms with Crippen molar-refractivity contribution in [1.29, 1.82) is 0 Å². The summed E-state index contributed by atoms with van der Waals surface area (Å²) in [5.74, 6) is 0. The van der Waals surface area contributed by atoms with E-state index in [0.717, 1.165) is 51.1 Å². The van der Waals surface area contributed by atoms with Crippen LogP contribution in [0.5, 0.6) is 0 Å². The molecule has 0 fully saturated rings. The molecule has 0 saturated carbocycles. The SMILES string of the molecule is C=C(C)NCCCC(C)(CC)OCCC(C)(CC)CNC. The van der Waals surface area contributed by atoms with Gasteiger partial charge in [0.15, 0.2) is 0 Å². The Bertz CT molecular complexity index is 293. The van der Waals surface area contributed by atoms with Crippen molar-refractivity contribution in [2.75, 3.05) is 26.7 Å². The van der Waals surface area contributed by atoms with Crippen molar-refractivity contribution in [1.82, 2.24) is 10.6 Å². The molecule has 0 amide bonds. The van der Waals surface area contributed by atoms with Gasteiger partial charge in [-0.2, -0.15) is 0 Å². The van der Waals surface area contributed by atoms with E-state index in [1.54, 1.807) is 0 Å². The fourth-order valence-corrected chi connectivity index (χ4v) is 2.48. The minimum absolute atomic E-state index is 0.00501. The zero-order chi connectivity index (χ0) is 16.4. The molecular formula is C18H38N2O. The fourth-order valence-electron chi connectivity index (χ4n) is 2.48. The normalized spacial score (nSPS) is 17.0. The Hall–Kier alpha value is -0.540. The molecule has 3 heteroatoms. The second kappa shape index (κ2) is 10.2. The molecule has 0 spiro atoms. The zero-order valence-corrected chi connectivity index (χ0v) is 15.3. The third-order valence-electron chi connectivity index (χ3n) is 4.67. The molecule has 0 radical (unpaired) electrons. The van der Waals surface area contributed by atoms with Crippen LogP contribution in [0, 0.1) is 5.41 Å². The maximum absolute atomic E-state index is 6.25. The molecule has 126 valence electrons. The van der Waals surface area contributed by atoms with Crippen LogP contribution in [-0.2, 0) is 4.74 Å². The molecule has 0 saturated heterocycles. The molecule has 2 N–H and O–H groups in total. The third kappa shape index (κ3) is 9.15. The van der Waals surface area contributed by atoms with Gasteiger partial charge in [-0.1, -0.05) is 27.4 Å². The molecule has 0 aliphatic carbocycles. The molecule has 0 aromatic carbocycles. The Morgan fingerprint density at radius 1 is 1.14 bits per heavy atom. The van der Waals surface area contributed by atoms with E-state index >= 15 is 0 Å². The number of ether oxygens (including phenoxy) is 1. The third-order valence-corrected chi connectivity index (χ3v) is 4.67. The van der Waals surface area contributed by atoms with Crippen molar-refractivity contribution in [3.63, 3.8) is 0 Å². The summed E-state index contributed by atoms with van der Waals surface area (Å²) in [6.45, 7) is 17.8. The van der Waals surface area contributed by atoms with Gasteiger partial charge in [-0.15, -0.1) is 0 Å². The lowest BCUT2D eigenvalue weighted by Gasteiger charge is -2.33. The number of hydrogen-bond acceptors (Lipinski definition) is 3. The summed E-state index contributed by atoms with van der Waals surface area (Å²) >= 11 is 0. The van der Waals surface area contributed by atoms with Crippen molar-refractivity contribution in [3.05, 3.63) is 12.3 Å². The summed E-state index contributed by atoms with van der Waals surface area (Å²) in [5.41, 5.74) is 1.38. The highest BCUT2D eigenvalue weighted by molar-refractivity contribution is 4.84. The van der Waals surface area contributed by atoms with E-state index in [0.29, 0.717) is 5.41 Å². The molecule has 3 nitrogen and oxygen atoms in total. The first-order valence-corrected chi connectivity index (χ1v) is 8.49. The highest BCUT2D eigenvalue weighted by Gasteiger charge is 2.25. The van der Waals surface area contributed by atoms with Crippen LogP contribution in [0.25, 0.3) is 0 Å². The van der Waals surface area contributed by atoms with Crippen molar-refractivity contribution in [3.8, 4) is 0 Å². The molecule has 0 aromatic rings. The average Bonchev–Trinajstić information content (AvgIpc) is 2.44. The molecule has 0 heterocycles. The van der Waals surface area contributed by atoms with Crippen LogP contribution in [0.3, 0.4) is 0 Å². The first-order valence-electron chi connectivity index (χ1n) is 8.49. The van der Waals surface area contributed by atoms with E-state index in [1.165, 1.54) is 6.42 Å². The highest BCUT2D eigenvalue weighted by atomic mass is 16.5.